The van der Waals surface area contributed by atoms with Crippen molar-refractivity contribution in [3.8, 4) is 34.6 Å². The summed E-state index contributed by atoms with van der Waals surface area (Å²) in [6, 6.07) is 16.9. The molecule has 1 aliphatic heterocycles. The maximum atomic E-state index is 12.1. The quantitative estimate of drug-likeness (QED) is 0.607. The van der Waals surface area contributed by atoms with Gasteiger partial charge < -0.3 is 20.3 Å². The molecule has 2 aromatic carbocycles. The van der Waals surface area contributed by atoms with E-state index >= 15 is 0 Å². The van der Waals surface area contributed by atoms with Crippen LogP contribution in [0, 0.1) is 11.8 Å². The van der Waals surface area contributed by atoms with Gasteiger partial charge in [0.1, 0.15) is 16.4 Å². The number of carbonyl (C=O) groups excluding carboxylic acids is 2. The molecule has 32 heavy (non-hydrogen) atoms. The van der Waals surface area contributed by atoms with Crippen molar-refractivity contribution in [2.75, 3.05) is 31.1 Å². The molecule has 1 fully saturated rings. The van der Waals surface area contributed by atoms with Crippen LogP contribution in [0.3, 0.4) is 0 Å². The van der Waals surface area contributed by atoms with E-state index in [1.165, 1.54) is 11.3 Å². The number of carbonyl (C=O) groups is 2. The fourth-order valence-corrected chi connectivity index (χ4v) is 4.39. The smallest absolute Gasteiger partial charge is 0.298 e. The van der Waals surface area contributed by atoms with Crippen LogP contribution in [0.5, 0.6) is 11.5 Å². The fourth-order valence-electron chi connectivity index (χ4n) is 3.40. The molecule has 0 spiro atoms. The standard InChI is InChI=1S/C24H22N4O3S/c1-2-6-20(29)27-13-15-28(16-14-27)24-26-21(22(32-24)23(25)30)17-9-11-19(12-10-17)31-18-7-4-3-5-8-18/h3-5,7-12H,13-16H2,1H3,(H2,25,30). The van der Waals surface area contributed by atoms with Crippen molar-refractivity contribution >= 4 is 28.3 Å². The van der Waals surface area contributed by atoms with Gasteiger partial charge >= 0.3 is 0 Å². The fraction of sp³-hybridized carbons (Fsp3) is 0.208. The number of benzene rings is 2. The highest BCUT2D eigenvalue weighted by molar-refractivity contribution is 7.18. The number of nitrogens with zero attached hydrogens (tertiary/aromatic N) is 3. The molecule has 2 N–H and O–H groups in total. The highest BCUT2D eigenvalue weighted by atomic mass is 32.1. The lowest BCUT2D eigenvalue weighted by Crippen LogP contribution is -2.48. The van der Waals surface area contributed by atoms with E-state index in [1.807, 2.05) is 54.6 Å². The van der Waals surface area contributed by atoms with Crippen molar-refractivity contribution in [3.63, 3.8) is 0 Å². The summed E-state index contributed by atoms with van der Waals surface area (Å²) in [5.41, 5.74) is 6.98. The monoisotopic (exact) mass is 446 g/mol. The van der Waals surface area contributed by atoms with E-state index in [1.54, 1.807) is 11.8 Å². The van der Waals surface area contributed by atoms with Gasteiger partial charge in [-0.2, -0.15) is 0 Å². The molecule has 162 valence electrons. The Balaban J connectivity index is 1.52. The van der Waals surface area contributed by atoms with Crippen LogP contribution in [-0.4, -0.2) is 47.9 Å². The second-order valence-corrected chi connectivity index (χ2v) is 8.11. The number of anilines is 1. The van der Waals surface area contributed by atoms with Crippen LogP contribution < -0.4 is 15.4 Å². The van der Waals surface area contributed by atoms with Gasteiger partial charge in [0.25, 0.3) is 11.8 Å². The van der Waals surface area contributed by atoms with Gasteiger partial charge in [-0.1, -0.05) is 35.5 Å². The Morgan fingerprint density at radius 1 is 1.00 bits per heavy atom. The highest BCUT2D eigenvalue weighted by Gasteiger charge is 2.25. The normalized spacial score (nSPS) is 13.3. The van der Waals surface area contributed by atoms with E-state index in [2.05, 4.69) is 16.7 Å². The average molecular weight is 447 g/mol. The maximum Gasteiger partial charge on any atom is 0.298 e. The number of nitrogens with two attached hydrogens (primary N) is 1. The third-order valence-electron chi connectivity index (χ3n) is 5.02. The number of hydrogen-bond donors (Lipinski definition) is 1. The van der Waals surface area contributed by atoms with E-state index in [-0.39, 0.29) is 5.91 Å². The SMILES string of the molecule is CC#CC(=O)N1CCN(c2nc(-c3ccc(Oc4ccccc4)cc3)c(C(N)=O)s2)CC1. The Hall–Kier alpha value is -3.83. The number of primary amides is 1. The highest BCUT2D eigenvalue weighted by Crippen LogP contribution is 2.34. The Labute approximate surface area is 190 Å². The van der Waals surface area contributed by atoms with Gasteiger partial charge in [0, 0.05) is 31.7 Å². The van der Waals surface area contributed by atoms with Gasteiger partial charge in [0.2, 0.25) is 0 Å². The summed E-state index contributed by atoms with van der Waals surface area (Å²) in [5.74, 6) is 5.97. The lowest BCUT2D eigenvalue weighted by Gasteiger charge is -2.33. The van der Waals surface area contributed by atoms with Crippen molar-refractivity contribution in [1.29, 1.82) is 0 Å². The topological polar surface area (TPSA) is 88.8 Å². The average Bonchev–Trinajstić information content (AvgIpc) is 3.26. The zero-order valence-electron chi connectivity index (χ0n) is 17.6. The molecule has 3 aromatic rings. The van der Waals surface area contributed by atoms with E-state index in [4.69, 9.17) is 15.5 Å². The number of hydrogen-bond acceptors (Lipinski definition) is 6. The van der Waals surface area contributed by atoms with Crippen LogP contribution >= 0.6 is 11.3 Å². The van der Waals surface area contributed by atoms with E-state index in [9.17, 15) is 9.59 Å². The molecular formula is C24H22N4O3S. The second kappa shape index (κ2) is 9.54. The number of piperazine rings is 1. The summed E-state index contributed by atoms with van der Waals surface area (Å²) in [4.78, 5) is 33.0. The van der Waals surface area contributed by atoms with Gasteiger partial charge in [-0.05, 0) is 49.2 Å². The summed E-state index contributed by atoms with van der Waals surface area (Å²) < 4.78 is 5.83. The molecule has 8 heteroatoms. The molecular weight excluding hydrogens is 424 g/mol. The summed E-state index contributed by atoms with van der Waals surface area (Å²) in [6.45, 7) is 3.99. The largest absolute Gasteiger partial charge is 0.457 e. The number of para-hydroxylation sites is 1. The molecule has 1 aromatic heterocycles. The molecule has 2 amide bonds. The van der Waals surface area contributed by atoms with E-state index in [0.29, 0.717) is 47.6 Å². The summed E-state index contributed by atoms with van der Waals surface area (Å²) in [7, 11) is 0. The minimum absolute atomic E-state index is 0.164. The number of amides is 2. The Kier molecular flexibility index (Phi) is 6.38. The first-order chi connectivity index (χ1) is 15.5. The molecule has 7 nitrogen and oxygen atoms in total. The predicted molar refractivity (Wildman–Crippen MR) is 125 cm³/mol. The molecule has 0 saturated carbocycles. The Morgan fingerprint density at radius 3 is 2.28 bits per heavy atom. The molecule has 0 radical (unpaired) electrons. The van der Waals surface area contributed by atoms with Crippen LogP contribution in [0.4, 0.5) is 5.13 Å². The van der Waals surface area contributed by atoms with Crippen LogP contribution in [0.15, 0.2) is 54.6 Å². The number of aromatic nitrogens is 1. The number of ether oxygens (including phenoxy) is 1. The van der Waals surface area contributed by atoms with Crippen molar-refractivity contribution in [3.05, 3.63) is 59.5 Å². The van der Waals surface area contributed by atoms with Crippen molar-refractivity contribution in [2.45, 2.75) is 6.92 Å². The molecule has 0 atom stereocenters. The lowest BCUT2D eigenvalue weighted by molar-refractivity contribution is -0.125. The van der Waals surface area contributed by atoms with E-state index in [0.717, 1.165) is 11.3 Å². The molecule has 1 aliphatic rings. The maximum absolute atomic E-state index is 12.1. The lowest BCUT2D eigenvalue weighted by atomic mass is 10.1. The van der Waals surface area contributed by atoms with Gasteiger partial charge in [-0.3, -0.25) is 9.59 Å². The zero-order chi connectivity index (χ0) is 22.5. The second-order valence-electron chi connectivity index (χ2n) is 7.13. The predicted octanol–water partition coefficient (Wildman–Crippen LogP) is 3.37. The molecule has 0 unspecified atom stereocenters. The van der Waals surface area contributed by atoms with Gasteiger partial charge in [-0.15, -0.1) is 0 Å². The molecule has 0 bridgehead atoms. The number of thiazole rings is 1. The summed E-state index contributed by atoms with van der Waals surface area (Å²) >= 11 is 1.27. The van der Waals surface area contributed by atoms with Gasteiger partial charge in [-0.25, -0.2) is 4.98 Å². The van der Waals surface area contributed by atoms with Gasteiger partial charge in [0.05, 0.1) is 5.69 Å². The first-order valence-electron chi connectivity index (χ1n) is 10.2. The molecule has 1 saturated heterocycles. The Morgan fingerprint density at radius 2 is 1.66 bits per heavy atom. The van der Waals surface area contributed by atoms with Crippen LogP contribution in [0.1, 0.15) is 16.6 Å². The molecule has 2 heterocycles. The van der Waals surface area contributed by atoms with Crippen LogP contribution in [0.25, 0.3) is 11.3 Å². The zero-order valence-corrected chi connectivity index (χ0v) is 18.4. The van der Waals surface area contributed by atoms with Crippen molar-refractivity contribution in [1.82, 2.24) is 9.88 Å². The van der Waals surface area contributed by atoms with Crippen LogP contribution in [-0.2, 0) is 4.79 Å². The minimum atomic E-state index is -0.514. The first-order valence-corrected chi connectivity index (χ1v) is 11.0. The molecule has 4 rings (SSSR count). The molecule has 0 aliphatic carbocycles. The minimum Gasteiger partial charge on any atom is -0.457 e. The third kappa shape index (κ3) is 4.74. The first kappa shape index (κ1) is 21.4. The van der Waals surface area contributed by atoms with Crippen molar-refractivity contribution in [2.24, 2.45) is 5.73 Å². The third-order valence-corrected chi connectivity index (χ3v) is 6.15. The van der Waals surface area contributed by atoms with E-state index < -0.39 is 5.91 Å². The van der Waals surface area contributed by atoms with Crippen LogP contribution in [0.2, 0.25) is 0 Å². The van der Waals surface area contributed by atoms with Gasteiger partial charge in [0.15, 0.2) is 5.13 Å². The Bertz CT molecular complexity index is 1170. The number of rotatable bonds is 5. The van der Waals surface area contributed by atoms with Crippen molar-refractivity contribution < 1.29 is 14.3 Å². The summed E-state index contributed by atoms with van der Waals surface area (Å²) in [5, 5.41) is 0.715. The summed E-state index contributed by atoms with van der Waals surface area (Å²) in [6.07, 6.45) is 0.